The molecule has 1 heterocycles. The molecule has 0 amide bonds. The molecule has 0 radical (unpaired) electrons. The monoisotopic (exact) mass is 345 g/mol. The second kappa shape index (κ2) is 9.81. The van der Waals surface area contributed by atoms with Crippen LogP contribution in [0.15, 0.2) is 29.0 Å². The van der Waals surface area contributed by atoms with Crippen LogP contribution in [0.4, 0.5) is 0 Å². The van der Waals surface area contributed by atoms with Crippen LogP contribution in [0.1, 0.15) is 47.1 Å². The summed E-state index contributed by atoms with van der Waals surface area (Å²) in [7, 11) is 2.05. The third-order valence-corrected chi connectivity index (χ3v) is 5.35. The number of thiophene rings is 1. The number of ketones is 1. The SMILES string of the molecule is CC(C)C(=O)[C@H]([C@H](C)[C@H](C)/C=C/C#Cc1ccsc1)N(C)C(C)C. The zero-order valence-corrected chi connectivity index (χ0v) is 16.9. The van der Waals surface area contributed by atoms with E-state index in [1.54, 1.807) is 11.3 Å². The molecule has 3 heteroatoms. The summed E-state index contributed by atoms with van der Waals surface area (Å²) < 4.78 is 0. The van der Waals surface area contributed by atoms with Crippen molar-refractivity contribution in [3.8, 4) is 11.8 Å². The van der Waals surface area contributed by atoms with Crippen molar-refractivity contribution in [1.82, 2.24) is 4.90 Å². The summed E-state index contributed by atoms with van der Waals surface area (Å²) in [5.41, 5.74) is 1.05. The van der Waals surface area contributed by atoms with E-state index in [1.807, 2.05) is 36.7 Å². The zero-order chi connectivity index (χ0) is 18.3. The lowest BCUT2D eigenvalue weighted by molar-refractivity contribution is -0.129. The smallest absolute Gasteiger partial charge is 0.152 e. The van der Waals surface area contributed by atoms with Crippen LogP contribution in [0.3, 0.4) is 0 Å². The van der Waals surface area contributed by atoms with E-state index < -0.39 is 0 Å². The molecule has 0 spiro atoms. The van der Waals surface area contributed by atoms with E-state index in [2.05, 4.69) is 57.6 Å². The lowest BCUT2D eigenvalue weighted by atomic mass is 9.82. The lowest BCUT2D eigenvalue weighted by Gasteiger charge is -2.37. The number of hydrogen-bond donors (Lipinski definition) is 0. The van der Waals surface area contributed by atoms with Crippen molar-refractivity contribution in [1.29, 1.82) is 0 Å². The van der Waals surface area contributed by atoms with Crippen LogP contribution < -0.4 is 0 Å². The number of likely N-dealkylation sites (N-methyl/N-ethyl adjacent to an activating group) is 1. The third-order valence-electron chi connectivity index (χ3n) is 4.66. The molecule has 3 atom stereocenters. The van der Waals surface area contributed by atoms with Crippen LogP contribution in [0.2, 0.25) is 0 Å². The van der Waals surface area contributed by atoms with Gasteiger partial charge in [0, 0.05) is 22.9 Å². The first-order chi connectivity index (χ1) is 11.3. The first-order valence-corrected chi connectivity index (χ1v) is 9.66. The number of Topliss-reactive ketones (excluding diaryl/α,β-unsaturated/α-hetero) is 1. The molecule has 0 aliphatic heterocycles. The Morgan fingerprint density at radius 1 is 1.21 bits per heavy atom. The van der Waals surface area contributed by atoms with Gasteiger partial charge in [-0.3, -0.25) is 9.69 Å². The molecule has 0 saturated carbocycles. The molecule has 1 aromatic heterocycles. The fraction of sp³-hybridized carbons (Fsp3) is 0.571. The fourth-order valence-electron chi connectivity index (χ4n) is 2.62. The summed E-state index contributed by atoms with van der Waals surface area (Å²) in [4.78, 5) is 14.9. The Kier molecular flexibility index (Phi) is 8.45. The second-order valence-electron chi connectivity index (χ2n) is 7.12. The molecule has 0 saturated heterocycles. The van der Waals surface area contributed by atoms with Crippen molar-refractivity contribution in [3.63, 3.8) is 0 Å². The van der Waals surface area contributed by atoms with E-state index in [9.17, 15) is 4.79 Å². The maximum Gasteiger partial charge on any atom is 0.152 e. The molecule has 1 aromatic rings. The molecular formula is C21H31NOS. The van der Waals surface area contributed by atoms with Crippen LogP contribution in [0, 0.1) is 29.6 Å². The Morgan fingerprint density at radius 2 is 1.88 bits per heavy atom. The predicted molar refractivity (Wildman–Crippen MR) is 105 cm³/mol. The van der Waals surface area contributed by atoms with E-state index in [1.165, 1.54) is 0 Å². The van der Waals surface area contributed by atoms with Gasteiger partial charge in [0.2, 0.25) is 0 Å². The lowest BCUT2D eigenvalue weighted by Crippen LogP contribution is -2.49. The Hall–Kier alpha value is -1.37. The minimum atomic E-state index is -0.0607. The number of nitrogens with zero attached hydrogens (tertiary/aromatic N) is 1. The maximum absolute atomic E-state index is 12.7. The van der Waals surface area contributed by atoms with Crippen LogP contribution in [0.5, 0.6) is 0 Å². The van der Waals surface area contributed by atoms with Gasteiger partial charge in [0.25, 0.3) is 0 Å². The second-order valence-corrected chi connectivity index (χ2v) is 7.90. The molecule has 0 aromatic carbocycles. The summed E-state index contributed by atoms with van der Waals surface area (Å²) in [6.07, 6.45) is 4.05. The average molecular weight is 346 g/mol. The maximum atomic E-state index is 12.7. The van der Waals surface area contributed by atoms with Gasteiger partial charge < -0.3 is 0 Å². The standard InChI is InChI=1S/C21H31NOS/c1-15(2)21(23)20(22(7)16(3)4)18(6)17(5)10-8-9-11-19-12-13-24-14-19/h8,10,12-18,20H,1-7H3/b10-8+/t17-,18-,20+/m1/s1. The van der Waals surface area contributed by atoms with Crippen molar-refractivity contribution >= 4 is 17.1 Å². The van der Waals surface area contributed by atoms with E-state index in [0.29, 0.717) is 11.8 Å². The van der Waals surface area contributed by atoms with Crippen LogP contribution >= 0.6 is 11.3 Å². The average Bonchev–Trinajstić information content (AvgIpc) is 3.04. The molecule has 0 N–H and O–H groups in total. The van der Waals surface area contributed by atoms with Crippen molar-refractivity contribution in [2.24, 2.45) is 17.8 Å². The highest BCUT2D eigenvalue weighted by atomic mass is 32.1. The number of allylic oxidation sites excluding steroid dienone is 2. The molecule has 2 nitrogen and oxygen atoms in total. The highest BCUT2D eigenvalue weighted by molar-refractivity contribution is 7.08. The van der Waals surface area contributed by atoms with E-state index in [4.69, 9.17) is 0 Å². The Balaban J connectivity index is 2.84. The van der Waals surface area contributed by atoms with Crippen LogP contribution in [0.25, 0.3) is 0 Å². The molecule has 0 aliphatic rings. The molecule has 0 fully saturated rings. The first kappa shape index (κ1) is 20.7. The Labute approximate surface area is 152 Å². The predicted octanol–water partition coefficient (Wildman–Crippen LogP) is 4.86. The van der Waals surface area contributed by atoms with Gasteiger partial charge in [0.05, 0.1) is 6.04 Å². The molecule has 0 unspecified atom stereocenters. The quantitative estimate of drug-likeness (QED) is 0.658. The molecule has 1 rings (SSSR count). The van der Waals surface area contributed by atoms with Crippen molar-refractivity contribution in [2.45, 2.75) is 53.6 Å². The van der Waals surface area contributed by atoms with Crippen LogP contribution in [-0.2, 0) is 4.79 Å². The summed E-state index contributed by atoms with van der Waals surface area (Å²) in [6.45, 7) is 12.6. The number of carbonyl (C=O) groups is 1. The summed E-state index contributed by atoms with van der Waals surface area (Å²) in [5.74, 6) is 7.12. The Morgan fingerprint density at radius 3 is 2.38 bits per heavy atom. The van der Waals surface area contributed by atoms with Gasteiger partial charge in [-0.15, -0.1) is 0 Å². The van der Waals surface area contributed by atoms with Crippen LogP contribution in [-0.4, -0.2) is 29.8 Å². The van der Waals surface area contributed by atoms with Gasteiger partial charge in [0.15, 0.2) is 5.78 Å². The molecule has 0 bridgehead atoms. The largest absolute Gasteiger partial charge is 0.298 e. The van der Waals surface area contributed by atoms with Gasteiger partial charge in [0.1, 0.15) is 0 Å². The summed E-state index contributed by atoms with van der Waals surface area (Å²) in [6, 6.07) is 2.30. The van der Waals surface area contributed by atoms with Crippen molar-refractivity contribution in [2.75, 3.05) is 7.05 Å². The minimum Gasteiger partial charge on any atom is -0.298 e. The highest BCUT2D eigenvalue weighted by Crippen LogP contribution is 2.24. The molecular weight excluding hydrogens is 314 g/mol. The van der Waals surface area contributed by atoms with Gasteiger partial charge >= 0.3 is 0 Å². The zero-order valence-electron chi connectivity index (χ0n) is 16.0. The van der Waals surface area contributed by atoms with Gasteiger partial charge in [-0.1, -0.05) is 45.6 Å². The van der Waals surface area contributed by atoms with Crippen molar-refractivity contribution < 1.29 is 4.79 Å². The van der Waals surface area contributed by atoms with Crippen molar-refractivity contribution in [3.05, 3.63) is 34.5 Å². The topological polar surface area (TPSA) is 20.3 Å². The first-order valence-electron chi connectivity index (χ1n) is 8.71. The molecule has 0 aliphatic carbocycles. The molecule has 132 valence electrons. The summed E-state index contributed by atoms with van der Waals surface area (Å²) >= 11 is 1.65. The normalized spacial score (nSPS) is 15.6. The van der Waals surface area contributed by atoms with E-state index in [-0.39, 0.29) is 23.8 Å². The summed E-state index contributed by atoms with van der Waals surface area (Å²) in [5, 5.41) is 4.07. The Bertz CT molecular complexity index is 589. The number of rotatable bonds is 7. The van der Waals surface area contributed by atoms with Gasteiger partial charge in [-0.05, 0) is 50.3 Å². The number of hydrogen-bond acceptors (Lipinski definition) is 3. The van der Waals surface area contributed by atoms with Gasteiger partial charge in [-0.25, -0.2) is 0 Å². The minimum absolute atomic E-state index is 0.0493. The molecule has 24 heavy (non-hydrogen) atoms. The third kappa shape index (κ3) is 5.92. The highest BCUT2D eigenvalue weighted by Gasteiger charge is 2.33. The number of carbonyl (C=O) groups excluding carboxylic acids is 1. The fourth-order valence-corrected chi connectivity index (χ4v) is 3.20. The van der Waals surface area contributed by atoms with Gasteiger partial charge in [-0.2, -0.15) is 11.3 Å². The van der Waals surface area contributed by atoms with E-state index >= 15 is 0 Å². The van der Waals surface area contributed by atoms with E-state index in [0.717, 1.165) is 5.56 Å².